The highest BCUT2D eigenvalue weighted by atomic mass is 16.6. The number of benzene rings is 1. The second-order valence-corrected chi connectivity index (χ2v) is 6.26. The van der Waals surface area contributed by atoms with Crippen molar-refractivity contribution in [3.8, 4) is 0 Å². The van der Waals surface area contributed by atoms with Gasteiger partial charge in [-0.15, -0.1) is 0 Å². The molecular weight excluding hydrogens is 286 g/mol. The van der Waals surface area contributed by atoms with E-state index in [4.69, 9.17) is 4.74 Å². The molecule has 0 unspecified atom stereocenters. The summed E-state index contributed by atoms with van der Waals surface area (Å²) in [5.74, 6) is -2.10. The molecule has 0 radical (unpaired) electrons. The summed E-state index contributed by atoms with van der Waals surface area (Å²) in [7, 11) is 0. The van der Waals surface area contributed by atoms with Gasteiger partial charge in [0, 0.05) is 5.92 Å². The van der Waals surface area contributed by atoms with Crippen LogP contribution in [0.1, 0.15) is 23.2 Å². The van der Waals surface area contributed by atoms with Crippen LogP contribution in [0.4, 0.5) is 5.69 Å². The van der Waals surface area contributed by atoms with Crippen LogP contribution in [0.25, 0.3) is 0 Å². The van der Waals surface area contributed by atoms with E-state index in [2.05, 4.69) is 5.32 Å². The Balaban J connectivity index is 1.59. The molecule has 1 amide bonds. The summed E-state index contributed by atoms with van der Waals surface area (Å²) in [6.45, 7) is 0. The van der Waals surface area contributed by atoms with Crippen molar-refractivity contribution in [3.63, 3.8) is 0 Å². The Kier molecular flexibility index (Phi) is 2.76. The van der Waals surface area contributed by atoms with E-state index in [1.165, 1.54) is 6.07 Å². The van der Waals surface area contributed by atoms with Crippen LogP contribution in [0.2, 0.25) is 0 Å². The third kappa shape index (κ3) is 1.76. The Morgan fingerprint density at radius 1 is 1.23 bits per heavy atom. The van der Waals surface area contributed by atoms with E-state index >= 15 is 0 Å². The van der Waals surface area contributed by atoms with Gasteiger partial charge in [-0.1, -0.05) is 12.1 Å². The lowest BCUT2D eigenvalue weighted by atomic mass is 9.79. The van der Waals surface area contributed by atoms with E-state index in [0.717, 1.165) is 12.8 Å². The van der Waals surface area contributed by atoms with Gasteiger partial charge in [-0.3, -0.25) is 9.59 Å². The number of hydrogen-bond acceptors (Lipinski definition) is 4. The molecule has 1 heterocycles. The van der Waals surface area contributed by atoms with Gasteiger partial charge in [0.05, 0.1) is 23.1 Å². The predicted octanol–water partition coefficient (Wildman–Crippen LogP) is 1.52. The second-order valence-electron chi connectivity index (χ2n) is 6.26. The van der Waals surface area contributed by atoms with Gasteiger partial charge in [0.1, 0.15) is 6.10 Å². The monoisotopic (exact) mass is 301 g/mol. The van der Waals surface area contributed by atoms with E-state index in [1.807, 2.05) is 0 Å². The number of fused-ring (bicyclic) bond motifs is 1. The zero-order valence-corrected chi connectivity index (χ0v) is 11.7. The van der Waals surface area contributed by atoms with E-state index < -0.39 is 11.9 Å². The van der Waals surface area contributed by atoms with Crippen molar-refractivity contribution in [2.45, 2.75) is 18.9 Å². The maximum absolute atomic E-state index is 12.6. The molecule has 4 rings (SSSR count). The molecule has 0 aromatic heterocycles. The third-order valence-electron chi connectivity index (χ3n) is 5.20. The molecule has 1 aromatic carbocycles. The number of nitrogens with one attached hydrogen (secondary N) is 1. The minimum Gasteiger partial charge on any atom is -0.478 e. The van der Waals surface area contributed by atoms with Crippen molar-refractivity contribution < 1.29 is 24.2 Å². The average Bonchev–Trinajstić information content (AvgIpc) is 3.08. The molecule has 6 nitrogen and oxygen atoms in total. The Labute approximate surface area is 126 Å². The molecule has 1 aromatic rings. The van der Waals surface area contributed by atoms with E-state index in [-0.39, 0.29) is 47.0 Å². The van der Waals surface area contributed by atoms with Crippen LogP contribution in [-0.2, 0) is 14.3 Å². The summed E-state index contributed by atoms with van der Waals surface area (Å²) < 4.78 is 5.32. The molecular formula is C16H15NO5. The first-order valence-corrected chi connectivity index (χ1v) is 7.40. The standard InChI is InChI=1S/C16H15NO5/c18-14(17-10-4-2-1-3-8(10)15(19)20)12-7-5-9-11(6-7)22-16(21)13(9)12/h1-4,7,9,11-13H,5-6H2,(H,17,18)(H,19,20)/t7-,9+,11-,12+,13+/m1/s1. The van der Waals surface area contributed by atoms with Gasteiger partial charge in [-0.05, 0) is 30.9 Å². The van der Waals surface area contributed by atoms with Crippen molar-refractivity contribution >= 4 is 23.5 Å². The number of carboxylic acid groups (broad SMARTS) is 1. The van der Waals surface area contributed by atoms with Crippen LogP contribution in [0, 0.1) is 23.7 Å². The van der Waals surface area contributed by atoms with Crippen LogP contribution < -0.4 is 5.32 Å². The molecule has 2 saturated carbocycles. The average molecular weight is 301 g/mol. The highest BCUT2D eigenvalue weighted by Crippen LogP contribution is 2.57. The van der Waals surface area contributed by atoms with Gasteiger partial charge in [-0.2, -0.15) is 0 Å². The van der Waals surface area contributed by atoms with Crippen molar-refractivity contribution in [2.75, 3.05) is 5.32 Å². The highest BCUT2D eigenvalue weighted by Gasteiger charge is 2.63. The number of hydrogen-bond donors (Lipinski definition) is 2. The SMILES string of the molecule is O=C(O)c1ccccc1NC(=O)[C@H]1[C@@H]2C[C@@H]3[C@@H]1C(=O)O[C@@H]3C2. The summed E-state index contributed by atoms with van der Waals surface area (Å²) in [5.41, 5.74) is 0.316. The van der Waals surface area contributed by atoms with E-state index in [9.17, 15) is 19.5 Å². The van der Waals surface area contributed by atoms with E-state index in [0.29, 0.717) is 0 Å². The topological polar surface area (TPSA) is 92.7 Å². The van der Waals surface area contributed by atoms with Gasteiger partial charge >= 0.3 is 11.9 Å². The van der Waals surface area contributed by atoms with Crippen LogP contribution in [0.15, 0.2) is 24.3 Å². The maximum Gasteiger partial charge on any atom is 0.337 e. The van der Waals surface area contributed by atoms with Gasteiger partial charge in [0.2, 0.25) is 5.91 Å². The number of rotatable bonds is 3. The molecule has 22 heavy (non-hydrogen) atoms. The molecule has 5 atom stereocenters. The van der Waals surface area contributed by atoms with Crippen LogP contribution in [0.5, 0.6) is 0 Å². The molecule has 2 bridgehead atoms. The summed E-state index contributed by atoms with van der Waals surface area (Å²) in [6, 6.07) is 6.28. The van der Waals surface area contributed by atoms with Gasteiger partial charge < -0.3 is 15.2 Å². The fourth-order valence-corrected chi connectivity index (χ4v) is 4.36. The zero-order chi connectivity index (χ0) is 15.4. The zero-order valence-electron chi connectivity index (χ0n) is 11.7. The van der Waals surface area contributed by atoms with Crippen LogP contribution >= 0.6 is 0 Å². The normalized spacial score (nSPS) is 34.5. The number of anilines is 1. The lowest BCUT2D eigenvalue weighted by Gasteiger charge is -2.23. The molecule has 0 spiro atoms. The molecule has 2 N–H and O–H groups in total. The molecule has 1 aliphatic heterocycles. The first-order chi connectivity index (χ1) is 10.6. The molecule has 114 valence electrons. The Morgan fingerprint density at radius 2 is 2.00 bits per heavy atom. The number of esters is 1. The fraction of sp³-hybridized carbons (Fsp3) is 0.438. The van der Waals surface area contributed by atoms with Crippen molar-refractivity contribution in [1.29, 1.82) is 0 Å². The number of para-hydroxylation sites is 1. The number of ether oxygens (including phenoxy) is 1. The maximum atomic E-state index is 12.6. The van der Waals surface area contributed by atoms with Crippen LogP contribution in [-0.4, -0.2) is 29.1 Å². The van der Waals surface area contributed by atoms with Gasteiger partial charge in [0.25, 0.3) is 0 Å². The van der Waals surface area contributed by atoms with Crippen molar-refractivity contribution in [1.82, 2.24) is 0 Å². The highest BCUT2D eigenvalue weighted by molar-refractivity contribution is 6.02. The van der Waals surface area contributed by atoms with Gasteiger partial charge in [0.15, 0.2) is 0 Å². The lowest BCUT2D eigenvalue weighted by Crippen LogP contribution is -2.36. The molecule has 3 fully saturated rings. The summed E-state index contributed by atoms with van der Waals surface area (Å²) >= 11 is 0. The van der Waals surface area contributed by atoms with Crippen LogP contribution in [0.3, 0.4) is 0 Å². The second kappa shape index (κ2) is 4.56. The quantitative estimate of drug-likeness (QED) is 0.826. The summed E-state index contributed by atoms with van der Waals surface area (Å²) in [6.07, 6.45) is 1.57. The van der Waals surface area contributed by atoms with E-state index in [1.54, 1.807) is 18.2 Å². The fourth-order valence-electron chi connectivity index (χ4n) is 4.36. The molecule has 1 saturated heterocycles. The summed E-state index contributed by atoms with van der Waals surface area (Å²) in [4.78, 5) is 35.7. The third-order valence-corrected chi connectivity index (χ3v) is 5.20. The van der Waals surface area contributed by atoms with Crippen molar-refractivity contribution in [3.05, 3.63) is 29.8 Å². The Bertz CT molecular complexity index is 683. The lowest BCUT2D eigenvalue weighted by molar-refractivity contribution is -0.145. The first kappa shape index (κ1) is 13.3. The minimum atomic E-state index is -1.09. The van der Waals surface area contributed by atoms with Crippen molar-refractivity contribution in [2.24, 2.45) is 23.7 Å². The number of amides is 1. The Morgan fingerprint density at radius 3 is 2.77 bits per heavy atom. The number of aromatic carboxylic acids is 1. The predicted molar refractivity (Wildman–Crippen MR) is 75.1 cm³/mol. The molecule has 2 aliphatic carbocycles. The summed E-state index contributed by atoms with van der Waals surface area (Å²) in [5, 5.41) is 11.9. The largest absolute Gasteiger partial charge is 0.478 e. The minimum absolute atomic E-state index is 0.0159. The molecule has 6 heteroatoms. The number of carboxylic acids is 1. The smallest absolute Gasteiger partial charge is 0.337 e. The first-order valence-electron chi connectivity index (χ1n) is 7.40. The number of carbonyl (C=O) groups excluding carboxylic acids is 2. The Hall–Kier alpha value is -2.37. The van der Waals surface area contributed by atoms with Gasteiger partial charge in [-0.25, -0.2) is 4.79 Å². The number of carbonyl (C=O) groups is 3. The molecule has 3 aliphatic rings.